The number of hydrogen-bond donors (Lipinski definition) is 1. The quantitative estimate of drug-likeness (QED) is 0.676. The third kappa shape index (κ3) is 2.75. The van der Waals surface area contributed by atoms with Crippen molar-refractivity contribution in [2.24, 2.45) is 0 Å². The maximum Gasteiger partial charge on any atom is 0.271 e. The fraction of sp³-hybridized carbons (Fsp3) is 0.500. The van der Waals surface area contributed by atoms with Crippen LogP contribution in [0.15, 0.2) is 23.1 Å². The van der Waals surface area contributed by atoms with Gasteiger partial charge >= 0.3 is 0 Å². The van der Waals surface area contributed by atoms with Gasteiger partial charge < -0.3 is 5.32 Å². The lowest BCUT2D eigenvalue weighted by Crippen LogP contribution is -2.35. The summed E-state index contributed by atoms with van der Waals surface area (Å²) in [5.74, 6) is 0. The number of rotatable bonds is 4. The van der Waals surface area contributed by atoms with Crippen LogP contribution in [0.4, 0.5) is 11.4 Å². The van der Waals surface area contributed by atoms with E-state index in [0.717, 1.165) is 19.3 Å². The van der Waals surface area contributed by atoms with Gasteiger partial charge in [-0.15, -0.1) is 0 Å². The SMILES string of the molecule is CNc1cc([N+](=O)[O-])ccc1S(=O)(=O)N1CCCCC1. The van der Waals surface area contributed by atoms with Crippen LogP contribution in [0.25, 0.3) is 0 Å². The molecule has 1 N–H and O–H groups in total. The molecule has 8 heteroatoms. The molecular formula is C12H17N3O4S. The Morgan fingerprint density at radius 1 is 1.25 bits per heavy atom. The molecule has 0 saturated carbocycles. The van der Waals surface area contributed by atoms with E-state index >= 15 is 0 Å². The Kier molecular flexibility index (Phi) is 4.24. The number of hydrogen-bond acceptors (Lipinski definition) is 5. The van der Waals surface area contributed by atoms with Crippen molar-refractivity contribution in [3.8, 4) is 0 Å². The second-order valence-electron chi connectivity index (χ2n) is 4.65. The minimum Gasteiger partial charge on any atom is -0.387 e. The minimum atomic E-state index is -3.60. The predicted octanol–water partition coefficient (Wildman–Crippen LogP) is 1.81. The van der Waals surface area contributed by atoms with E-state index in [1.165, 1.54) is 22.5 Å². The summed E-state index contributed by atoms with van der Waals surface area (Å²) in [5.41, 5.74) is 0.122. The van der Waals surface area contributed by atoms with Gasteiger partial charge in [0.05, 0.1) is 10.6 Å². The normalized spacial score (nSPS) is 16.9. The Bertz CT molecular complexity index is 609. The number of benzene rings is 1. The number of nitro benzene ring substituents is 1. The van der Waals surface area contributed by atoms with Crippen molar-refractivity contribution in [2.75, 3.05) is 25.5 Å². The molecule has 110 valence electrons. The van der Waals surface area contributed by atoms with Crippen molar-refractivity contribution in [1.82, 2.24) is 4.31 Å². The summed E-state index contributed by atoms with van der Waals surface area (Å²) in [4.78, 5) is 10.3. The first-order valence-corrected chi connectivity index (χ1v) is 7.87. The molecule has 1 saturated heterocycles. The van der Waals surface area contributed by atoms with Crippen LogP contribution in [0.5, 0.6) is 0 Å². The van der Waals surface area contributed by atoms with Gasteiger partial charge in [-0.3, -0.25) is 10.1 Å². The maximum absolute atomic E-state index is 12.6. The molecular weight excluding hydrogens is 282 g/mol. The topological polar surface area (TPSA) is 92.5 Å². The van der Waals surface area contributed by atoms with Crippen LogP contribution in [0, 0.1) is 10.1 Å². The molecule has 1 aromatic rings. The van der Waals surface area contributed by atoms with E-state index in [-0.39, 0.29) is 16.3 Å². The molecule has 0 aromatic heterocycles. The molecule has 0 bridgehead atoms. The second-order valence-corrected chi connectivity index (χ2v) is 6.56. The largest absolute Gasteiger partial charge is 0.387 e. The number of piperidine rings is 1. The van der Waals surface area contributed by atoms with E-state index < -0.39 is 14.9 Å². The Labute approximate surface area is 117 Å². The zero-order chi connectivity index (χ0) is 14.8. The Morgan fingerprint density at radius 2 is 1.90 bits per heavy atom. The molecule has 2 rings (SSSR count). The lowest BCUT2D eigenvalue weighted by molar-refractivity contribution is -0.384. The third-order valence-electron chi connectivity index (χ3n) is 3.38. The molecule has 1 fully saturated rings. The van der Waals surface area contributed by atoms with Crippen molar-refractivity contribution in [1.29, 1.82) is 0 Å². The van der Waals surface area contributed by atoms with Gasteiger partial charge in [-0.2, -0.15) is 4.31 Å². The number of anilines is 1. The summed E-state index contributed by atoms with van der Waals surface area (Å²) >= 11 is 0. The standard InChI is InChI=1S/C12H17N3O4S/c1-13-11-9-10(15(16)17)5-6-12(11)20(18,19)14-7-3-2-4-8-14/h5-6,9,13H,2-4,7-8H2,1H3. The molecule has 0 unspecified atom stereocenters. The molecule has 20 heavy (non-hydrogen) atoms. The first kappa shape index (κ1) is 14.7. The maximum atomic E-state index is 12.6. The zero-order valence-corrected chi connectivity index (χ0v) is 12.0. The Balaban J connectivity index is 2.42. The highest BCUT2D eigenvalue weighted by atomic mass is 32.2. The van der Waals surface area contributed by atoms with E-state index in [0.29, 0.717) is 13.1 Å². The third-order valence-corrected chi connectivity index (χ3v) is 5.33. The molecule has 7 nitrogen and oxygen atoms in total. The summed E-state index contributed by atoms with van der Waals surface area (Å²) in [5, 5.41) is 13.5. The summed E-state index contributed by atoms with van der Waals surface area (Å²) in [7, 11) is -2.05. The van der Waals surface area contributed by atoms with Crippen LogP contribution in [-0.4, -0.2) is 37.8 Å². The minimum absolute atomic E-state index is 0.0903. The Hall–Kier alpha value is -1.67. The van der Waals surface area contributed by atoms with Crippen LogP contribution in [0.1, 0.15) is 19.3 Å². The van der Waals surface area contributed by atoms with Crippen LogP contribution in [0.3, 0.4) is 0 Å². The summed E-state index contributed by atoms with van der Waals surface area (Å²) in [6, 6.07) is 3.77. The number of nitrogens with one attached hydrogen (secondary N) is 1. The van der Waals surface area contributed by atoms with Crippen molar-refractivity contribution in [2.45, 2.75) is 24.2 Å². The fourth-order valence-corrected chi connectivity index (χ4v) is 3.99. The van der Waals surface area contributed by atoms with Crippen LogP contribution in [-0.2, 0) is 10.0 Å². The van der Waals surface area contributed by atoms with Crippen LogP contribution in [0.2, 0.25) is 0 Å². The molecule has 0 radical (unpaired) electrons. The monoisotopic (exact) mass is 299 g/mol. The lowest BCUT2D eigenvalue weighted by atomic mass is 10.2. The van der Waals surface area contributed by atoms with E-state index in [1.54, 1.807) is 7.05 Å². The van der Waals surface area contributed by atoms with E-state index in [2.05, 4.69) is 5.32 Å². The van der Waals surface area contributed by atoms with E-state index in [9.17, 15) is 18.5 Å². The number of nitrogens with zero attached hydrogens (tertiary/aromatic N) is 2. The predicted molar refractivity (Wildman–Crippen MR) is 75.3 cm³/mol. The molecule has 1 aliphatic heterocycles. The summed E-state index contributed by atoms with van der Waals surface area (Å²) in [6.45, 7) is 1.00. The molecule has 0 amide bonds. The summed E-state index contributed by atoms with van der Waals surface area (Å²) in [6.07, 6.45) is 2.73. The van der Waals surface area contributed by atoms with Crippen molar-refractivity contribution >= 4 is 21.4 Å². The second kappa shape index (κ2) is 5.76. The first-order valence-electron chi connectivity index (χ1n) is 6.43. The Morgan fingerprint density at radius 3 is 2.45 bits per heavy atom. The summed E-state index contributed by atoms with van der Waals surface area (Å²) < 4.78 is 26.6. The van der Waals surface area contributed by atoms with Gasteiger partial charge in [0.25, 0.3) is 5.69 Å². The van der Waals surface area contributed by atoms with Gasteiger partial charge in [-0.1, -0.05) is 6.42 Å². The zero-order valence-electron chi connectivity index (χ0n) is 11.2. The van der Waals surface area contributed by atoms with Crippen molar-refractivity contribution < 1.29 is 13.3 Å². The molecule has 1 aliphatic rings. The van der Waals surface area contributed by atoms with E-state index in [4.69, 9.17) is 0 Å². The highest BCUT2D eigenvalue weighted by Crippen LogP contribution is 2.29. The molecule has 1 aromatic carbocycles. The molecule has 0 spiro atoms. The smallest absolute Gasteiger partial charge is 0.271 e. The van der Waals surface area contributed by atoms with Gasteiger partial charge in [0, 0.05) is 32.3 Å². The molecule has 0 aliphatic carbocycles. The van der Waals surface area contributed by atoms with Gasteiger partial charge in [-0.25, -0.2) is 8.42 Å². The van der Waals surface area contributed by atoms with Gasteiger partial charge in [0.1, 0.15) is 4.90 Å². The first-order chi connectivity index (χ1) is 9.46. The highest BCUT2D eigenvalue weighted by Gasteiger charge is 2.28. The molecule has 1 heterocycles. The number of non-ortho nitro benzene ring substituents is 1. The fourth-order valence-electron chi connectivity index (χ4n) is 2.30. The average molecular weight is 299 g/mol. The van der Waals surface area contributed by atoms with Gasteiger partial charge in [0.15, 0.2) is 0 Å². The van der Waals surface area contributed by atoms with Crippen LogP contribution < -0.4 is 5.32 Å². The number of nitro groups is 1. The lowest BCUT2D eigenvalue weighted by Gasteiger charge is -2.26. The van der Waals surface area contributed by atoms with Gasteiger partial charge in [0.2, 0.25) is 10.0 Å². The highest BCUT2D eigenvalue weighted by molar-refractivity contribution is 7.89. The van der Waals surface area contributed by atoms with Crippen LogP contribution >= 0.6 is 0 Å². The van der Waals surface area contributed by atoms with Crippen molar-refractivity contribution in [3.63, 3.8) is 0 Å². The van der Waals surface area contributed by atoms with Gasteiger partial charge in [-0.05, 0) is 18.9 Å². The number of sulfonamides is 1. The van der Waals surface area contributed by atoms with Crippen molar-refractivity contribution in [3.05, 3.63) is 28.3 Å². The average Bonchev–Trinajstić information content (AvgIpc) is 2.47. The van der Waals surface area contributed by atoms with E-state index in [1.807, 2.05) is 0 Å². The molecule has 0 atom stereocenters.